The summed E-state index contributed by atoms with van der Waals surface area (Å²) < 4.78 is 11.4. The van der Waals surface area contributed by atoms with E-state index >= 15 is 0 Å². The number of aliphatic hydroxyl groups is 1. The molecule has 0 saturated carbocycles. The molecule has 0 radical (unpaired) electrons. The van der Waals surface area contributed by atoms with Gasteiger partial charge in [-0.05, 0) is 52.6 Å². The van der Waals surface area contributed by atoms with Gasteiger partial charge in [0, 0.05) is 13.1 Å². The van der Waals surface area contributed by atoms with Crippen molar-refractivity contribution < 1.29 is 19.4 Å². The molecular weight excluding hydrogens is 408 g/mol. The van der Waals surface area contributed by atoms with Crippen LogP contribution >= 0.6 is 0 Å². The highest BCUT2D eigenvalue weighted by molar-refractivity contribution is 5.73. The number of rotatable bonds is 8. The molecule has 0 fully saturated rings. The molecule has 0 amide bonds. The number of hydrogen-bond donors (Lipinski definition) is 1. The Morgan fingerprint density at radius 3 is 2.72 bits per heavy atom. The zero-order chi connectivity index (χ0) is 21.8. The Labute approximate surface area is 185 Å². The molecule has 1 atom stereocenters. The molecular formula is C24H24N4O4. The van der Waals surface area contributed by atoms with Gasteiger partial charge in [-0.2, -0.15) is 0 Å². The molecule has 0 aliphatic carbocycles. The predicted molar refractivity (Wildman–Crippen MR) is 117 cm³/mol. The van der Waals surface area contributed by atoms with E-state index in [-0.39, 0.29) is 6.79 Å². The third-order valence-electron chi connectivity index (χ3n) is 5.50. The number of benzene rings is 3. The molecule has 0 saturated heterocycles. The molecule has 32 heavy (non-hydrogen) atoms. The minimum atomic E-state index is -0.961. The Kier molecular flexibility index (Phi) is 5.98. The fourth-order valence-corrected chi connectivity index (χ4v) is 3.77. The summed E-state index contributed by atoms with van der Waals surface area (Å²) in [6, 6.07) is 23.4. The minimum Gasteiger partial charge on any atom is -0.455 e. The first-order valence-corrected chi connectivity index (χ1v) is 10.5. The SMILES string of the molecule is OC(OCc1ccccc1)N1CCc2ccc(OCOn3nnc4ccccc43)cc2C1. The normalized spacial score (nSPS) is 14.8. The second kappa shape index (κ2) is 9.35. The molecule has 5 rings (SSSR count). The summed E-state index contributed by atoms with van der Waals surface area (Å²) in [7, 11) is 0. The van der Waals surface area contributed by atoms with Crippen LogP contribution in [0.25, 0.3) is 11.0 Å². The molecule has 1 aromatic heterocycles. The van der Waals surface area contributed by atoms with Gasteiger partial charge in [0.1, 0.15) is 16.8 Å². The van der Waals surface area contributed by atoms with Gasteiger partial charge in [0.2, 0.25) is 6.41 Å². The Morgan fingerprint density at radius 2 is 1.81 bits per heavy atom. The first-order valence-electron chi connectivity index (χ1n) is 10.5. The van der Waals surface area contributed by atoms with E-state index in [2.05, 4.69) is 16.4 Å². The number of ether oxygens (including phenoxy) is 2. The fraction of sp³-hybridized carbons (Fsp3) is 0.250. The van der Waals surface area contributed by atoms with Crippen molar-refractivity contribution in [3.63, 3.8) is 0 Å². The first kappa shape index (κ1) is 20.4. The van der Waals surface area contributed by atoms with Crippen molar-refractivity contribution in [2.24, 2.45) is 0 Å². The number of para-hydroxylation sites is 1. The fourth-order valence-electron chi connectivity index (χ4n) is 3.77. The lowest BCUT2D eigenvalue weighted by Gasteiger charge is -2.32. The van der Waals surface area contributed by atoms with Crippen molar-refractivity contribution in [2.75, 3.05) is 13.3 Å². The van der Waals surface area contributed by atoms with Gasteiger partial charge < -0.3 is 19.4 Å². The summed E-state index contributed by atoms with van der Waals surface area (Å²) in [6.45, 7) is 1.67. The summed E-state index contributed by atoms with van der Waals surface area (Å²) in [5.74, 6) is 0.690. The number of hydrogen-bond acceptors (Lipinski definition) is 7. The summed E-state index contributed by atoms with van der Waals surface area (Å²) in [5, 5.41) is 18.5. The molecule has 8 heteroatoms. The van der Waals surface area contributed by atoms with Crippen LogP contribution in [0.1, 0.15) is 16.7 Å². The molecule has 2 heterocycles. The Bertz CT molecular complexity index is 1180. The lowest BCUT2D eigenvalue weighted by molar-refractivity contribution is -0.204. The largest absolute Gasteiger partial charge is 0.455 e. The van der Waals surface area contributed by atoms with E-state index in [1.807, 2.05) is 71.6 Å². The molecule has 0 spiro atoms. The van der Waals surface area contributed by atoms with Crippen LogP contribution in [-0.2, 0) is 24.3 Å². The van der Waals surface area contributed by atoms with Crippen LogP contribution in [0.3, 0.4) is 0 Å². The molecule has 1 aliphatic heterocycles. The van der Waals surface area contributed by atoms with Gasteiger partial charge in [0.25, 0.3) is 6.79 Å². The molecule has 164 valence electrons. The quantitative estimate of drug-likeness (QED) is 0.429. The zero-order valence-electron chi connectivity index (χ0n) is 17.5. The highest BCUT2D eigenvalue weighted by Gasteiger charge is 2.23. The predicted octanol–water partition coefficient (Wildman–Crippen LogP) is 2.75. The van der Waals surface area contributed by atoms with E-state index in [0.717, 1.165) is 35.1 Å². The average Bonchev–Trinajstić information content (AvgIpc) is 3.26. The van der Waals surface area contributed by atoms with Gasteiger partial charge in [0.15, 0.2) is 0 Å². The van der Waals surface area contributed by atoms with Crippen molar-refractivity contribution in [1.29, 1.82) is 0 Å². The topological polar surface area (TPSA) is 81.9 Å². The maximum Gasteiger partial charge on any atom is 0.255 e. The number of fused-ring (bicyclic) bond motifs is 2. The summed E-state index contributed by atoms with van der Waals surface area (Å²) in [4.78, 5) is 8.86. The summed E-state index contributed by atoms with van der Waals surface area (Å²) >= 11 is 0. The van der Waals surface area contributed by atoms with E-state index in [4.69, 9.17) is 14.3 Å². The Morgan fingerprint density at radius 1 is 0.969 bits per heavy atom. The Hall–Kier alpha value is -3.46. The highest BCUT2D eigenvalue weighted by Crippen LogP contribution is 2.25. The van der Waals surface area contributed by atoms with E-state index < -0.39 is 6.41 Å². The zero-order valence-corrected chi connectivity index (χ0v) is 17.5. The van der Waals surface area contributed by atoms with E-state index in [9.17, 15) is 5.11 Å². The minimum absolute atomic E-state index is 0.00132. The van der Waals surface area contributed by atoms with Gasteiger partial charge in [-0.3, -0.25) is 4.90 Å². The van der Waals surface area contributed by atoms with Gasteiger partial charge >= 0.3 is 0 Å². The lowest BCUT2D eigenvalue weighted by Crippen LogP contribution is -2.40. The molecule has 3 aromatic carbocycles. The summed E-state index contributed by atoms with van der Waals surface area (Å²) in [6.07, 6.45) is -0.125. The van der Waals surface area contributed by atoms with Crippen LogP contribution in [0.15, 0.2) is 72.8 Å². The van der Waals surface area contributed by atoms with Gasteiger partial charge in [-0.25, -0.2) is 0 Å². The van der Waals surface area contributed by atoms with Crippen LogP contribution in [0.5, 0.6) is 5.75 Å². The van der Waals surface area contributed by atoms with Crippen molar-refractivity contribution >= 4 is 11.0 Å². The number of aromatic nitrogens is 3. The van der Waals surface area contributed by atoms with Crippen molar-refractivity contribution in [1.82, 2.24) is 20.1 Å². The van der Waals surface area contributed by atoms with Gasteiger partial charge in [-0.15, -0.1) is 5.10 Å². The van der Waals surface area contributed by atoms with Crippen LogP contribution < -0.4 is 9.57 Å². The number of aliphatic hydroxyl groups excluding tert-OH is 1. The third-order valence-corrected chi connectivity index (χ3v) is 5.50. The molecule has 8 nitrogen and oxygen atoms in total. The lowest BCUT2D eigenvalue weighted by atomic mass is 10.00. The van der Waals surface area contributed by atoms with Crippen molar-refractivity contribution in [3.8, 4) is 5.75 Å². The maximum absolute atomic E-state index is 10.5. The smallest absolute Gasteiger partial charge is 0.255 e. The van der Waals surface area contributed by atoms with E-state index in [1.165, 1.54) is 10.4 Å². The van der Waals surface area contributed by atoms with Gasteiger partial charge in [0.05, 0.1) is 6.61 Å². The third kappa shape index (κ3) is 4.57. The Balaban J connectivity index is 1.17. The van der Waals surface area contributed by atoms with Crippen LogP contribution in [0, 0.1) is 0 Å². The molecule has 1 unspecified atom stereocenters. The van der Waals surface area contributed by atoms with E-state index in [0.29, 0.717) is 18.9 Å². The van der Waals surface area contributed by atoms with Crippen LogP contribution in [0.4, 0.5) is 0 Å². The molecule has 1 N–H and O–H groups in total. The maximum atomic E-state index is 10.5. The van der Waals surface area contributed by atoms with Crippen LogP contribution in [-0.4, -0.2) is 44.9 Å². The van der Waals surface area contributed by atoms with Crippen molar-refractivity contribution in [2.45, 2.75) is 26.0 Å². The first-order chi connectivity index (χ1) is 15.8. The monoisotopic (exact) mass is 432 g/mol. The van der Waals surface area contributed by atoms with E-state index in [1.54, 1.807) is 0 Å². The average molecular weight is 432 g/mol. The molecule has 4 aromatic rings. The molecule has 1 aliphatic rings. The number of nitrogens with zero attached hydrogens (tertiary/aromatic N) is 4. The van der Waals surface area contributed by atoms with Gasteiger partial charge in [-0.1, -0.05) is 53.4 Å². The second-order valence-corrected chi connectivity index (χ2v) is 7.62. The molecule has 0 bridgehead atoms. The standard InChI is InChI=1S/C24H24N4O4/c29-24(30-16-18-6-2-1-3-7-18)27-13-12-19-10-11-21(14-20(19)15-27)31-17-32-28-23-9-5-4-8-22(23)25-26-28/h1-11,14,24,29H,12-13,15-17H2. The van der Waals surface area contributed by atoms with Crippen molar-refractivity contribution in [3.05, 3.63) is 89.5 Å². The summed E-state index contributed by atoms with van der Waals surface area (Å²) in [5.41, 5.74) is 4.91. The highest BCUT2D eigenvalue weighted by atomic mass is 16.8. The van der Waals surface area contributed by atoms with Crippen LogP contribution in [0.2, 0.25) is 0 Å². The second-order valence-electron chi connectivity index (χ2n) is 7.62.